The van der Waals surface area contributed by atoms with Crippen LogP contribution in [0.3, 0.4) is 0 Å². The van der Waals surface area contributed by atoms with E-state index in [0.717, 1.165) is 29.3 Å². The maximum absolute atomic E-state index is 6.17. The van der Waals surface area contributed by atoms with Crippen LogP contribution in [-0.4, -0.2) is 38.6 Å². The predicted octanol–water partition coefficient (Wildman–Crippen LogP) is 2.12. The fourth-order valence-corrected chi connectivity index (χ4v) is 3.88. The summed E-state index contributed by atoms with van der Waals surface area (Å²) in [5.74, 6) is 0.620. The quantitative estimate of drug-likeness (QED) is 0.863. The molecule has 0 aliphatic carbocycles. The van der Waals surface area contributed by atoms with Crippen LogP contribution in [-0.2, 0) is 0 Å². The smallest absolute Gasteiger partial charge is 0.202 e. The van der Waals surface area contributed by atoms with Gasteiger partial charge in [-0.25, -0.2) is 9.97 Å². The van der Waals surface area contributed by atoms with Crippen molar-refractivity contribution in [1.82, 2.24) is 19.4 Å². The number of imidazole rings is 1. The summed E-state index contributed by atoms with van der Waals surface area (Å²) in [7, 11) is 0. The second-order valence-corrected chi connectivity index (χ2v) is 6.15. The molecule has 0 amide bonds. The number of nitrogen functional groups attached to an aromatic ring is 1. The minimum absolute atomic E-state index is 0.452. The molecule has 5 heteroatoms. The van der Waals surface area contributed by atoms with Crippen molar-refractivity contribution in [2.75, 3.05) is 18.8 Å². The minimum atomic E-state index is 0.452. The van der Waals surface area contributed by atoms with E-state index >= 15 is 0 Å². The molecule has 0 bridgehead atoms. The lowest BCUT2D eigenvalue weighted by atomic mass is 9.97. The second-order valence-electron chi connectivity index (χ2n) is 6.15. The van der Waals surface area contributed by atoms with Crippen LogP contribution in [0.25, 0.3) is 11.2 Å². The molecule has 0 spiro atoms. The number of piperidine rings is 1. The molecule has 2 N–H and O–H groups in total. The Morgan fingerprint density at radius 2 is 2.05 bits per heavy atom. The van der Waals surface area contributed by atoms with Crippen molar-refractivity contribution < 1.29 is 0 Å². The predicted molar refractivity (Wildman–Crippen MR) is 79.5 cm³/mol. The zero-order chi connectivity index (χ0) is 13.7. The first-order valence-electron chi connectivity index (χ1n) is 7.57. The van der Waals surface area contributed by atoms with Crippen molar-refractivity contribution in [3.8, 4) is 0 Å². The fraction of sp³-hybridized carbons (Fsp3) is 0.600. The molecule has 0 aromatic carbocycles. The number of anilines is 1. The molecule has 2 atom stereocenters. The Bertz CT molecular complexity index is 647. The van der Waals surface area contributed by atoms with Gasteiger partial charge < -0.3 is 10.6 Å². The largest absolute Gasteiger partial charge is 0.369 e. The SMILES string of the molecule is Cc1ccc2nc(N)n(C3CCN4CCCC4C3)c2n1. The van der Waals surface area contributed by atoms with Crippen molar-refractivity contribution in [2.45, 2.75) is 44.7 Å². The fourth-order valence-electron chi connectivity index (χ4n) is 3.88. The molecule has 20 heavy (non-hydrogen) atoms. The summed E-state index contributed by atoms with van der Waals surface area (Å²) >= 11 is 0. The van der Waals surface area contributed by atoms with Gasteiger partial charge in [-0.05, 0) is 51.3 Å². The van der Waals surface area contributed by atoms with Crippen molar-refractivity contribution in [2.24, 2.45) is 0 Å². The molecule has 2 saturated heterocycles. The van der Waals surface area contributed by atoms with E-state index in [4.69, 9.17) is 5.73 Å². The average Bonchev–Trinajstić information content (AvgIpc) is 3.00. The molecule has 2 aliphatic rings. The van der Waals surface area contributed by atoms with Crippen molar-refractivity contribution in [1.29, 1.82) is 0 Å². The van der Waals surface area contributed by atoms with Gasteiger partial charge in [0.2, 0.25) is 5.95 Å². The molecule has 2 aromatic heterocycles. The monoisotopic (exact) mass is 271 g/mol. The van der Waals surface area contributed by atoms with Crippen LogP contribution in [0.4, 0.5) is 5.95 Å². The highest BCUT2D eigenvalue weighted by Gasteiger charge is 2.33. The number of fused-ring (bicyclic) bond motifs is 2. The lowest BCUT2D eigenvalue weighted by Crippen LogP contribution is -2.38. The average molecular weight is 271 g/mol. The molecule has 0 saturated carbocycles. The van der Waals surface area contributed by atoms with Crippen molar-refractivity contribution in [3.05, 3.63) is 17.8 Å². The topological polar surface area (TPSA) is 60.0 Å². The third-order valence-corrected chi connectivity index (χ3v) is 4.86. The first-order chi connectivity index (χ1) is 9.72. The summed E-state index contributed by atoms with van der Waals surface area (Å²) in [4.78, 5) is 11.8. The number of hydrogen-bond donors (Lipinski definition) is 1. The Hall–Kier alpha value is -1.62. The van der Waals surface area contributed by atoms with Gasteiger partial charge in [0, 0.05) is 24.3 Å². The summed E-state index contributed by atoms with van der Waals surface area (Å²) in [5, 5.41) is 0. The van der Waals surface area contributed by atoms with Gasteiger partial charge in [-0.15, -0.1) is 0 Å². The summed E-state index contributed by atoms with van der Waals surface area (Å²) in [6.45, 7) is 4.47. The molecule has 106 valence electrons. The summed E-state index contributed by atoms with van der Waals surface area (Å²) in [6, 6.07) is 5.21. The Balaban J connectivity index is 1.74. The Labute approximate surface area is 118 Å². The van der Waals surface area contributed by atoms with Gasteiger partial charge in [0.15, 0.2) is 5.65 Å². The molecule has 4 rings (SSSR count). The van der Waals surface area contributed by atoms with Crippen LogP contribution in [0, 0.1) is 6.92 Å². The zero-order valence-electron chi connectivity index (χ0n) is 11.9. The molecule has 5 nitrogen and oxygen atoms in total. The minimum Gasteiger partial charge on any atom is -0.369 e. The van der Waals surface area contributed by atoms with Crippen LogP contribution >= 0.6 is 0 Å². The molecule has 0 radical (unpaired) electrons. The molecule has 4 heterocycles. The summed E-state index contributed by atoms with van der Waals surface area (Å²) in [5.41, 5.74) is 9.07. The third-order valence-electron chi connectivity index (χ3n) is 4.86. The van der Waals surface area contributed by atoms with Crippen LogP contribution in [0.5, 0.6) is 0 Å². The van der Waals surface area contributed by atoms with E-state index in [1.165, 1.54) is 32.4 Å². The van der Waals surface area contributed by atoms with E-state index in [2.05, 4.69) is 19.4 Å². The Kier molecular flexibility index (Phi) is 2.70. The highest BCUT2D eigenvalue weighted by molar-refractivity contribution is 5.74. The van der Waals surface area contributed by atoms with E-state index in [-0.39, 0.29) is 0 Å². The van der Waals surface area contributed by atoms with Crippen LogP contribution < -0.4 is 5.73 Å². The molecular weight excluding hydrogens is 250 g/mol. The third kappa shape index (κ3) is 1.80. The van der Waals surface area contributed by atoms with Gasteiger partial charge >= 0.3 is 0 Å². The first kappa shape index (κ1) is 12.1. The number of aryl methyl sites for hydroxylation is 1. The zero-order valence-corrected chi connectivity index (χ0v) is 11.9. The van der Waals surface area contributed by atoms with E-state index in [1.807, 2.05) is 19.1 Å². The van der Waals surface area contributed by atoms with E-state index in [9.17, 15) is 0 Å². The highest BCUT2D eigenvalue weighted by atomic mass is 15.2. The molecule has 2 aliphatic heterocycles. The normalized spacial score (nSPS) is 27.1. The number of hydrogen-bond acceptors (Lipinski definition) is 4. The van der Waals surface area contributed by atoms with Gasteiger partial charge in [-0.1, -0.05) is 0 Å². The van der Waals surface area contributed by atoms with Gasteiger partial charge in [0.05, 0.1) is 0 Å². The molecule has 2 fully saturated rings. The number of aromatic nitrogens is 3. The van der Waals surface area contributed by atoms with Gasteiger partial charge in [0.1, 0.15) is 5.52 Å². The molecule has 2 aromatic rings. The first-order valence-corrected chi connectivity index (χ1v) is 7.57. The molecule has 2 unspecified atom stereocenters. The van der Waals surface area contributed by atoms with Crippen LogP contribution in [0.1, 0.15) is 37.4 Å². The van der Waals surface area contributed by atoms with Gasteiger partial charge in [-0.2, -0.15) is 0 Å². The lowest BCUT2D eigenvalue weighted by Gasteiger charge is -2.35. The van der Waals surface area contributed by atoms with E-state index in [0.29, 0.717) is 12.0 Å². The summed E-state index contributed by atoms with van der Waals surface area (Å²) < 4.78 is 2.18. The number of nitrogens with two attached hydrogens (primary N) is 1. The summed E-state index contributed by atoms with van der Waals surface area (Å²) in [6.07, 6.45) is 5.01. The number of rotatable bonds is 1. The maximum Gasteiger partial charge on any atom is 0.202 e. The van der Waals surface area contributed by atoms with Crippen LogP contribution in [0.2, 0.25) is 0 Å². The van der Waals surface area contributed by atoms with Crippen molar-refractivity contribution in [3.63, 3.8) is 0 Å². The van der Waals surface area contributed by atoms with E-state index in [1.54, 1.807) is 0 Å². The number of pyridine rings is 1. The Morgan fingerprint density at radius 3 is 2.95 bits per heavy atom. The van der Waals surface area contributed by atoms with Gasteiger partial charge in [0.25, 0.3) is 0 Å². The Morgan fingerprint density at radius 1 is 1.15 bits per heavy atom. The standard InChI is InChI=1S/C15H21N5/c1-10-4-5-13-14(17-10)20(15(16)18-13)12-6-8-19-7-2-3-11(19)9-12/h4-5,11-12H,2-3,6-9H2,1H3,(H2,16,18). The number of nitrogens with zero attached hydrogens (tertiary/aromatic N) is 4. The highest BCUT2D eigenvalue weighted by Crippen LogP contribution is 2.35. The molecular formula is C15H21N5. The van der Waals surface area contributed by atoms with Crippen molar-refractivity contribution >= 4 is 17.1 Å². The van der Waals surface area contributed by atoms with E-state index < -0.39 is 0 Å². The van der Waals surface area contributed by atoms with Gasteiger partial charge in [-0.3, -0.25) is 4.57 Å². The maximum atomic E-state index is 6.17. The van der Waals surface area contributed by atoms with Crippen LogP contribution in [0.15, 0.2) is 12.1 Å². The second kappa shape index (κ2) is 4.45. The lowest BCUT2D eigenvalue weighted by molar-refractivity contribution is 0.158.